The lowest BCUT2D eigenvalue weighted by Gasteiger charge is -2.24. The molecule has 9 nitrogen and oxygen atoms in total. The number of rotatable bonds is 7. The molecular formula is C28H32N6O3. The van der Waals surface area contributed by atoms with Crippen LogP contribution in [0.15, 0.2) is 59.1 Å². The molecule has 1 saturated heterocycles. The van der Waals surface area contributed by atoms with Crippen LogP contribution in [0.1, 0.15) is 32.0 Å². The van der Waals surface area contributed by atoms with Gasteiger partial charge in [-0.25, -0.2) is 9.78 Å². The zero-order chi connectivity index (χ0) is 25.6. The summed E-state index contributed by atoms with van der Waals surface area (Å²) < 4.78 is 10.9. The number of hydrogen-bond acceptors (Lipinski definition) is 7. The summed E-state index contributed by atoms with van der Waals surface area (Å²) in [7, 11) is 1.62. The molecule has 0 bridgehead atoms. The lowest BCUT2D eigenvalue weighted by Crippen LogP contribution is -2.38. The van der Waals surface area contributed by atoms with Gasteiger partial charge in [-0.05, 0) is 37.1 Å². The van der Waals surface area contributed by atoms with Gasteiger partial charge in [-0.2, -0.15) is 4.98 Å². The Balaban J connectivity index is 1.39. The number of carbonyl (C=O) groups excluding carboxylic acids is 1. The summed E-state index contributed by atoms with van der Waals surface area (Å²) in [6.45, 7) is 4.80. The second-order valence-corrected chi connectivity index (χ2v) is 9.13. The zero-order valence-electron chi connectivity index (χ0n) is 21.3. The monoisotopic (exact) mass is 500 g/mol. The third-order valence-electron chi connectivity index (χ3n) is 6.59. The highest BCUT2D eigenvalue weighted by molar-refractivity contribution is 5.98. The quantitative estimate of drug-likeness (QED) is 0.364. The van der Waals surface area contributed by atoms with E-state index in [0.29, 0.717) is 25.3 Å². The molecule has 0 unspecified atom stereocenters. The number of nitrogens with one attached hydrogen (secondary N) is 1. The summed E-state index contributed by atoms with van der Waals surface area (Å²) in [4.78, 5) is 26.8. The first kappa shape index (κ1) is 24.5. The molecule has 3 heterocycles. The summed E-state index contributed by atoms with van der Waals surface area (Å²) in [5.74, 6) is 2.34. The highest BCUT2D eigenvalue weighted by Gasteiger charge is 2.26. The first-order chi connectivity index (χ1) is 18.2. The molecule has 1 aliphatic rings. The van der Waals surface area contributed by atoms with Gasteiger partial charge in [0.05, 0.1) is 7.11 Å². The molecule has 2 aromatic heterocycles. The maximum absolute atomic E-state index is 13.0. The summed E-state index contributed by atoms with van der Waals surface area (Å²) >= 11 is 0. The van der Waals surface area contributed by atoms with E-state index in [9.17, 15) is 4.79 Å². The number of aromatic nitrogens is 3. The van der Waals surface area contributed by atoms with E-state index in [-0.39, 0.29) is 6.03 Å². The highest BCUT2D eigenvalue weighted by atomic mass is 16.5. The van der Waals surface area contributed by atoms with Gasteiger partial charge in [0.25, 0.3) is 5.71 Å². The fourth-order valence-electron chi connectivity index (χ4n) is 4.56. The van der Waals surface area contributed by atoms with Crippen LogP contribution in [0.3, 0.4) is 0 Å². The van der Waals surface area contributed by atoms with Crippen molar-refractivity contribution in [2.75, 3.05) is 43.5 Å². The molecule has 2 amide bonds. The fraction of sp³-hybridized carbons (Fsp3) is 0.357. The van der Waals surface area contributed by atoms with Crippen molar-refractivity contribution in [3.63, 3.8) is 0 Å². The van der Waals surface area contributed by atoms with Crippen LogP contribution in [0.4, 0.5) is 16.3 Å². The van der Waals surface area contributed by atoms with E-state index >= 15 is 0 Å². The van der Waals surface area contributed by atoms with Crippen LogP contribution < -0.4 is 15.0 Å². The van der Waals surface area contributed by atoms with Crippen LogP contribution >= 0.6 is 0 Å². The van der Waals surface area contributed by atoms with Crippen LogP contribution in [0.25, 0.3) is 22.4 Å². The largest absolute Gasteiger partial charge is 0.497 e. The van der Waals surface area contributed by atoms with Crippen molar-refractivity contribution in [3.8, 4) is 17.0 Å². The predicted molar refractivity (Wildman–Crippen MR) is 144 cm³/mol. The van der Waals surface area contributed by atoms with E-state index < -0.39 is 0 Å². The van der Waals surface area contributed by atoms with Gasteiger partial charge in [0.1, 0.15) is 28.5 Å². The Morgan fingerprint density at radius 3 is 2.59 bits per heavy atom. The number of nitrogens with zero attached hydrogens (tertiary/aromatic N) is 5. The van der Waals surface area contributed by atoms with Gasteiger partial charge < -0.3 is 24.4 Å². The van der Waals surface area contributed by atoms with Gasteiger partial charge in [-0.3, -0.25) is 0 Å². The van der Waals surface area contributed by atoms with Crippen molar-refractivity contribution >= 4 is 28.6 Å². The number of methoxy groups -OCH3 is 1. The summed E-state index contributed by atoms with van der Waals surface area (Å²) in [5, 5.41) is 8.20. The first-order valence-electron chi connectivity index (χ1n) is 12.8. The Morgan fingerprint density at radius 2 is 1.84 bits per heavy atom. The number of amides is 2. The lowest BCUT2D eigenvalue weighted by molar-refractivity contribution is 0.215. The summed E-state index contributed by atoms with van der Waals surface area (Å²) in [6.07, 6.45) is 3.66. The number of ether oxygens (including phenoxy) is 1. The third kappa shape index (κ3) is 5.50. The van der Waals surface area contributed by atoms with Crippen LogP contribution in [0.2, 0.25) is 0 Å². The van der Waals surface area contributed by atoms with Gasteiger partial charge in [0.15, 0.2) is 0 Å². The maximum atomic E-state index is 13.0. The molecule has 0 atom stereocenters. The minimum atomic E-state index is -0.113. The molecule has 1 N–H and O–H groups in total. The number of anilines is 2. The molecule has 9 heteroatoms. The smallest absolute Gasteiger partial charge is 0.321 e. The van der Waals surface area contributed by atoms with E-state index in [1.54, 1.807) is 7.11 Å². The second kappa shape index (κ2) is 11.3. The molecule has 1 aliphatic heterocycles. The van der Waals surface area contributed by atoms with E-state index in [0.717, 1.165) is 72.0 Å². The van der Waals surface area contributed by atoms with E-state index in [2.05, 4.69) is 27.3 Å². The van der Waals surface area contributed by atoms with Crippen molar-refractivity contribution in [2.24, 2.45) is 0 Å². The number of aryl methyl sites for hydroxylation is 1. The average Bonchev–Trinajstić information content (AvgIpc) is 3.21. The van der Waals surface area contributed by atoms with Crippen LogP contribution in [-0.4, -0.2) is 59.3 Å². The number of urea groups is 1. The zero-order valence-corrected chi connectivity index (χ0v) is 21.3. The molecule has 0 radical (unpaired) electrons. The molecule has 5 rings (SSSR count). The first-order valence-corrected chi connectivity index (χ1v) is 12.8. The molecular weight excluding hydrogens is 468 g/mol. The van der Waals surface area contributed by atoms with Crippen molar-refractivity contribution in [3.05, 3.63) is 60.4 Å². The standard InChI is InChI=1S/C28H32N6O3/c1-3-4-11-23-30-26(24-25(32-37-27(24)31-23)20-9-6-5-7-10-20)33-16-8-17-34(19-18-33)28(35)29-21-12-14-22(36-2)15-13-21/h5-7,9-10,12-15H,3-4,8,11,16-19H2,1-2H3,(H,29,35). The Labute approximate surface area is 216 Å². The van der Waals surface area contributed by atoms with Gasteiger partial charge in [0.2, 0.25) is 0 Å². The normalized spacial score (nSPS) is 14.0. The number of benzene rings is 2. The van der Waals surface area contributed by atoms with Crippen molar-refractivity contribution in [1.29, 1.82) is 0 Å². The van der Waals surface area contributed by atoms with Gasteiger partial charge in [-0.1, -0.05) is 48.8 Å². The van der Waals surface area contributed by atoms with Crippen molar-refractivity contribution in [2.45, 2.75) is 32.6 Å². The molecule has 0 aliphatic carbocycles. The molecule has 37 heavy (non-hydrogen) atoms. The number of hydrogen-bond donors (Lipinski definition) is 1. The van der Waals surface area contributed by atoms with Crippen LogP contribution in [0.5, 0.6) is 5.75 Å². The van der Waals surface area contributed by atoms with Crippen LogP contribution in [-0.2, 0) is 6.42 Å². The van der Waals surface area contributed by atoms with E-state index in [1.807, 2.05) is 59.5 Å². The second-order valence-electron chi connectivity index (χ2n) is 9.13. The van der Waals surface area contributed by atoms with E-state index in [4.69, 9.17) is 14.2 Å². The van der Waals surface area contributed by atoms with Crippen molar-refractivity contribution in [1.82, 2.24) is 20.0 Å². The fourth-order valence-corrected chi connectivity index (χ4v) is 4.56. The SMILES string of the molecule is CCCCc1nc(N2CCCN(C(=O)Nc3ccc(OC)cc3)CC2)c2c(-c3ccccc3)noc2n1. The minimum Gasteiger partial charge on any atom is -0.497 e. The number of fused-ring (bicyclic) bond motifs is 1. The topological polar surface area (TPSA) is 96.6 Å². The van der Waals surface area contributed by atoms with Gasteiger partial charge >= 0.3 is 6.03 Å². The Kier molecular flexibility index (Phi) is 7.49. The predicted octanol–water partition coefficient (Wildman–Crippen LogP) is 5.38. The van der Waals surface area contributed by atoms with E-state index in [1.165, 1.54) is 0 Å². The average molecular weight is 501 g/mol. The molecule has 4 aromatic rings. The third-order valence-corrected chi connectivity index (χ3v) is 6.59. The molecule has 192 valence electrons. The lowest BCUT2D eigenvalue weighted by atomic mass is 10.1. The summed E-state index contributed by atoms with van der Waals surface area (Å²) in [6, 6.07) is 17.2. The van der Waals surface area contributed by atoms with Crippen molar-refractivity contribution < 1.29 is 14.1 Å². The van der Waals surface area contributed by atoms with Crippen LogP contribution in [0, 0.1) is 0 Å². The Morgan fingerprint density at radius 1 is 1.03 bits per heavy atom. The molecule has 0 spiro atoms. The molecule has 2 aromatic carbocycles. The maximum Gasteiger partial charge on any atom is 0.321 e. The molecule has 1 fully saturated rings. The number of unbranched alkanes of at least 4 members (excludes halogenated alkanes) is 1. The minimum absolute atomic E-state index is 0.113. The molecule has 0 saturated carbocycles. The Bertz CT molecular complexity index is 1340. The Hall–Kier alpha value is -4.14. The number of carbonyl (C=O) groups is 1. The summed E-state index contributed by atoms with van der Waals surface area (Å²) in [5.41, 5.74) is 2.95. The highest BCUT2D eigenvalue weighted by Crippen LogP contribution is 2.34. The van der Waals surface area contributed by atoms with Gasteiger partial charge in [-0.15, -0.1) is 0 Å². The van der Waals surface area contributed by atoms with Gasteiger partial charge in [0, 0.05) is 43.9 Å².